The van der Waals surface area contributed by atoms with E-state index in [4.69, 9.17) is 14.2 Å². The minimum absolute atomic E-state index is 0.101. The second-order valence-electron chi connectivity index (χ2n) is 5.72. The van der Waals surface area contributed by atoms with Crippen LogP contribution in [-0.4, -0.2) is 32.2 Å². The molecule has 0 radical (unpaired) electrons. The number of esters is 1. The van der Waals surface area contributed by atoms with E-state index in [1.165, 1.54) is 33.7 Å². The maximum absolute atomic E-state index is 12.0. The Morgan fingerprint density at radius 3 is 2.24 bits per heavy atom. The zero-order valence-corrected chi connectivity index (χ0v) is 16.3. The maximum atomic E-state index is 12.0. The number of nitro benzene ring substituents is 1. The van der Waals surface area contributed by atoms with E-state index in [1.54, 1.807) is 48.6 Å². The summed E-state index contributed by atoms with van der Waals surface area (Å²) < 4.78 is 14.9. The first-order valence-corrected chi connectivity index (χ1v) is 8.60. The molecule has 0 aliphatic carbocycles. The molecule has 0 bridgehead atoms. The number of hydrogen-bond donors (Lipinski definition) is 0. The summed E-state index contributed by atoms with van der Waals surface area (Å²) in [7, 11) is 4.14. The molecule has 0 atom stereocenters. The fourth-order valence-electron chi connectivity index (χ4n) is 2.69. The van der Waals surface area contributed by atoms with Crippen LogP contribution < -0.4 is 4.74 Å². The molecule has 0 aromatic heterocycles. The van der Waals surface area contributed by atoms with Crippen LogP contribution in [-0.2, 0) is 14.3 Å². The van der Waals surface area contributed by atoms with Crippen molar-refractivity contribution in [2.75, 3.05) is 21.3 Å². The molecule has 7 nitrogen and oxygen atoms in total. The summed E-state index contributed by atoms with van der Waals surface area (Å²) in [6.45, 7) is 0. The molecule has 0 saturated heterocycles. The minimum Gasteiger partial charge on any atom is -0.503 e. The maximum Gasteiger partial charge on any atom is 0.341 e. The van der Waals surface area contributed by atoms with Gasteiger partial charge in [0.05, 0.1) is 38.1 Å². The predicted octanol–water partition coefficient (Wildman–Crippen LogP) is 4.49. The van der Waals surface area contributed by atoms with E-state index in [2.05, 4.69) is 0 Å². The van der Waals surface area contributed by atoms with Gasteiger partial charge in [-0.05, 0) is 29.3 Å². The molecule has 2 aromatic carbocycles. The van der Waals surface area contributed by atoms with E-state index in [-0.39, 0.29) is 17.0 Å². The first-order valence-electron chi connectivity index (χ1n) is 8.60. The largest absolute Gasteiger partial charge is 0.503 e. The summed E-state index contributed by atoms with van der Waals surface area (Å²) in [6.07, 6.45) is 8.13. The van der Waals surface area contributed by atoms with Gasteiger partial charge in [0.1, 0.15) is 5.57 Å². The topological polar surface area (TPSA) is 87.9 Å². The third-order valence-electron chi connectivity index (χ3n) is 3.99. The zero-order chi connectivity index (χ0) is 21.2. The summed E-state index contributed by atoms with van der Waals surface area (Å²) in [5.74, 6) is -0.325. The number of nitrogens with zero attached hydrogens (tertiary/aromatic N) is 1. The van der Waals surface area contributed by atoms with E-state index in [0.717, 1.165) is 5.56 Å². The Morgan fingerprint density at radius 2 is 1.62 bits per heavy atom. The van der Waals surface area contributed by atoms with E-state index in [1.807, 2.05) is 12.1 Å². The first kappa shape index (κ1) is 21.4. The van der Waals surface area contributed by atoms with Gasteiger partial charge in [0, 0.05) is 0 Å². The number of benzene rings is 2. The van der Waals surface area contributed by atoms with Crippen molar-refractivity contribution in [2.24, 2.45) is 0 Å². The van der Waals surface area contributed by atoms with Crippen LogP contribution >= 0.6 is 0 Å². The Morgan fingerprint density at radius 1 is 0.966 bits per heavy atom. The molecule has 0 aliphatic heterocycles. The van der Waals surface area contributed by atoms with Gasteiger partial charge >= 0.3 is 11.7 Å². The fourth-order valence-corrected chi connectivity index (χ4v) is 2.69. The lowest BCUT2D eigenvalue weighted by molar-refractivity contribution is -0.386. The van der Waals surface area contributed by atoms with Crippen molar-refractivity contribution in [1.82, 2.24) is 0 Å². The highest BCUT2D eigenvalue weighted by atomic mass is 16.6. The Labute approximate surface area is 168 Å². The van der Waals surface area contributed by atoms with Gasteiger partial charge in [-0.25, -0.2) is 4.79 Å². The van der Waals surface area contributed by atoms with Gasteiger partial charge in [-0.1, -0.05) is 48.6 Å². The normalized spacial score (nSPS) is 11.6. The van der Waals surface area contributed by atoms with E-state index >= 15 is 0 Å². The summed E-state index contributed by atoms with van der Waals surface area (Å²) in [5, 5.41) is 11.3. The second-order valence-corrected chi connectivity index (χ2v) is 5.72. The van der Waals surface area contributed by atoms with Crippen LogP contribution in [0.4, 0.5) is 5.69 Å². The van der Waals surface area contributed by atoms with Gasteiger partial charge in [0.15, 0.2) is 5.75 Å². The number of allylic oxidation sites excluding steroid dienone is 2. The van der Waals surface area contributed by atoms with E-state index in [9.17, 15) is 14.9 Å². The molecule has 0 saturated carbocycles. The molecule has 2 rings (SSSR count). The number of rotatable bonds is 8. The molecule has 150 valence electrons. The first-order chi connectivity index (χ1) is 14.0. The SMILES string of the molecule is CO/C=C(/C(=O)OC)c1ccccc1/C=C/C=C/c1cccc(OC)c1[N+](=O)[O-]. The van der Waals surface area contributed by atoms with Crippen LogP contribution in [0.25, 0.3) is 17.7 Å². The van der Waals surface area contributed by atoms with Gasteiger partial charge in [-0.3, -0.25) is 10.1 Å². The van der Waals surface area contributed by atoms with Gasteiger partial charge in [-0.15, -0.1) is 0 Å². The van der Waals surface area contributed by atoms with Crippen molar-refractivity contribution < 1.29 is 23.9 Å². The number of carbonyl (C=O) groups is 1. The molecule has 0 fully saturated rings. The molecular formula is C22H21NO6. The minimum atomic E-state index is -0.518. The molecule has 0 spiro atoms. The van der Waals surface area contributed by atoms with Crippen molar-refractivity contribution in [3.63, 3.8) is 0 Å². The number of methoxy groups -OCH3 is 3. The predicted molar refractivity (Wildman–Crippen MR) is 111 cm³/mol. The van der Waals surface area contributed by atoms with Crippen molar-refractivity contribution >= 4 is 29.4 Å². The number of ether oxygens (including phenoxy) is 3. The van der Waals surface area contributed by atoms with Gasteiger partial charge in [0.25, 0.3) is 0 Å². The molecule has 0 amide bonds. The number of nitro groups is 1. The van der Waals surface area contributed by atoms with Crippen molar-refractivity contribution in [2.45, 2.75) is 0 Å². The highest BCUT2D eigenvalue weighted by Crippen LogP contribution is 2.31. The average Bonchev–Trinajstić information content (AvgIpc) is 2.74. The zero-order valence-electron chi connectivity index (χ0n) is 16.3. The molecule has 0 N–H and O–H groups in total. The van der Waals surface area contributed by atoms with E-state index < -0.39 is 10.9 Å². The summed E-state index contributed by atoms with van der Waals surface area (Å²) in [5.41, 5.74) is 1.99. The summed E-state index contributed by atoms with van der Waals surface area (Å²) >= 11 is 0. The number of hydrogen-bond acceptors (Lipinski definition) is 6. The third kappa shape index (κ3) is 5.32. The lowest BCUT2D eigenvalue weighted by Gasteiger charge is -2.08. The van der Waals surface area contributed by atoms with Crippen LogP contribution in [0.1, 0.15) is 16.7 Å². The molecular weight excluding hydrogens is 374 g/mol. The molecule has 0 unspecified atom stereocenters. The quantitative estimate of drug-likeness (QED) is 0.163. The molecule has 0 heterocycles. The highest BCUT2D eigenvalue weighted by molar-refractivity contribution is 6.17. The lowest BCUT2D eigenvalue weighted by Crippen LogP contribution is -2.05. The Kier molecular flexibility index (Phi) is 7.73. The monoisotopic (exact) mass is 395 g/mol. The third-order valence-corrected chi connectivity index (χ3v) is 3.99. The molecule has 29 heavy (non-hydrogen) atoms. The average molecular weight is 395 g/mol. The van der Waals surface area contributed by atoms with Crippen molar-refractivity contribution in [3.05, 3.63) is 87.7 Å². The highest BCUT2D eigenvalue weighted by Gasteiger charge is 2.18. The molecule has 7 heteroatoms. The van der Waals surface area contributed by atoms with Crippen molar-refractivity contribution in [3.8, 4) is 5.75 Å². The van der Waals surface area contributed by atoms with Gasteiger partial charge in [-0.2, -0.15) is 0 Å². The lowest BCUT2D eigenvalue weighted by atomic mass is 10.00. The fraction of sp³-hybridized carbons (Fsp3) is 0.136. The molecule has 0 aliphatic rings. The Hall–Kier alpha value is -3.87. The van der Waals surface area contributed by atoms with Crippen LogP contribution in [0.5, 0.6) is 5.75 Å². The van der Waals surface area contributed by atoms with Crippen LogP contribution in [0, 0.1) is 10.1 Å². The molecule has 2 aromatic rings. The second kappa shape index (κ2) is 10.5. The standard InChI is InChI=1S/C22H21NO6/c1-27-15-19(22(24)29-3)18-13-7-6-10-16(18)9-4-5-11-17-12-8-14-20(28-2)21(17)23(25)26/h4-15H,1-3H3/b9-4+,11-5+,19-15+. The van der Waals surface area contributed by atoms with Gasteiger partial charge in [0.2, 0.25) is 0 Å². The van der Waals surface area contributed by atoms with Gasteiger partial charge < -0.3 is 14.2 Å². The van der Waals surface area contributed by atoms with Crippen LogP contribution in [0.3, 0.4) is 0 Å². The van der Waals surface area contributed by atoms with E-state index in [0.29, 0.717) is 11.1 Å². The van der Waals surface area contributed by atoms with Crippen LogP contribution in [0.15, 0.2) is 60.9 Å². The number of para-hydroxylation sites is 1. The number of carbonyl (C=O) groups excluding carboxylic acids is 1. The van der Waals surface area contributed by atoms with Crippen molar-refractivity contribution in [1.29, 1.82) is 0 Å². The Balaban J connectivity index is 2.34. The summed E-state index contributed by atoms with van der Waals surface area (Å²) in [6, 6.07) is 12.1. The smallest absolute Gasteiger partial charge is 0.341 e. The Bertz CT molecular complexity index is 975. The van der Waals surface area contributed by atoms with Crippen LogP contribution in [0.2, 0.25) is 0 Å². The summed E-state index contributed by atoms with van der Waals surface area (Å²) in [4.78, 5) is 22.9.